The Labute approximate surface area is 237 Å². The van der Waals surface area contributed by atoms with Gasteiger partial charge in [-0.2, -0.15) is 0 Å². The van der Waals surface area contributed by atoms with Gasteiger partial charge in [-0.05, 0) is 55.6 Å². The third-order valence-electron chi connectivity index (χ3n) is 6.33. The van der Waals surface area contributed by atoms with Crippen molar-refractivity contribution < 1.29 is 19.0 Å². The summed E-state index contributed by atoms with van der Waals surface area (Å²) in [6, 6.07) is 10.4. The van der Waals surface area contributed by atoms with Gasteiger partial charge in [0.05, 0.1) is 29.9 Å². The molecule has 1 heterocycles. The molecule has 8 nitrogen and oxygen atoms in total. The van der Waals surface area contributed by atoms with Gasteiger partial charge >= 0.3 is 6.03 Å². The Bertz CT molecular complexity index is 1240. The SMILES string of the molecule is CCN(CC)CCCOc1cc2nccc(Oc3ccc(NC(=O)NCCC(C)(C)C)c(Cl)c3)c2cc1OC. The van der Waals surface area contributed by atoms with Crippen molar-refractivity contribution in [2.75, 3.05) is 45.2 Å². The Kier molecular flexibility index (Phi) is 11.1. The molecule has 0 aliphatic heterocycles. The summed E-state index contributed by atoms with van der Waals surface area (Å²) in [5.41, 5.74) is 1.37. The molecule has 0 radical (unpaired) electrons. The zero-order chi connectivity index (χ0) is 28.4. The third-order valence-corrected chi connectivity index (χ3v) is 6.65. The Balaban J connectivity index is 1.69. The maximum atomic E-state index is 12.3. The molecule has 0 atom stereocenters. The minimum atomic E-state index is -0.298. The highest BCUT2D eigenvalue weighted by molar-refractivity contribution is 6.33. The maximum Gasteiger partial charge on any atom is 0.319 e. The van der Waals surface area contributed by atoms with Gasteiger partial charge in [-0.15, -0.1) is 0 Å². The lowest BCUT2D eigenvalue weighted by atomic mass is 9.92. The molecule has 1 aromatic heterocycles. The molecule has 9 heteroatoms. The molecular weight excluding hydrogens is 516 g/mol. The van der Waals surface area contributed by atoms with Crippen LogP contribution in [0.4, 0.5) is 10.5 Å². The predicted molar refractivity (Wildman–Crippen MR) is 159 cm³/mol. The molecule has 2 N–H and O–H groups in total. The van der Waals surface area contributed by atoms with E-state index in [9.17, 15) is 4.79 Å². The smallest absolute Gasteiger partial charge is 0.319 e. The molecule has 0 aliphatic carbocycles. The van der Waals surface area contributed by atoms with Crippen molar-refractivity contribution >= 4 is 34.2 Å². The molecule has 3 rings (SSSR count). The van der Waals surface area contributed by atoms with Gasteiger partial charge in [-0.1, -0.05) is 46.2 Å². The van der Waals surface area contributed by atoms with E-state index in [4.69, 9.17) is 25.8 Å². The van der Waals surface area contributed by atoms with Gasteiger partial charge in [0.2, 0.25) is 0 Å². The number of anilines is 1. The number of carbonyl (C=O) groups excluding carboxylic acids is 1. The number of benzene rings is 2. The Morgan fingerprint density at radius 3 is 2.49 bits per heavy atom. The largest absolute Gasteiger partial charge is 0.493 e. The molecule has 0 aliphatic rings. The van der Waals surface area contributed by atoms with E-state index in [2.05, 4.69) is 55.1 Å². The van der Waals surface area contributed by atoms with E-state index in [1.807, 2.05) is 12.1 Å². The van der Waals surface area contributed by atoms with Gasteiger partial charge in [0.25, 0.3) is 0 Å². The number of hydrogen-bond acceptors (Lipinski definition) is 6. The van der Waals surface area contributed by atoms with Crippen LogP contribution in [-0.2, 0) is 0 Å². The summed E-state index contributed by atoms with van der Waals surface area (Å²) in [5, 5.41) is 6.80. The number of aromatic nitrogens is 1. The monoisotopic (exact) mass is 556 g/mol. The lowest BCUT2D eigenvalue weighted by molar-refractivity contribution is 0.243. The number of urea groups is 1. The molecule has 0 bridgehead atoms. The number of nitrogens with one attached hydrogen (secondary N) is 2. The summed E-state index contributed by atoms with van der Waals surface area (Å²) < 4.78 is 17.8. The zero-order valence-electron chi connectivity index (χ0n) is 23.9. The van der Waals surface area contributed by atoms with Crippen LogP contribution >= 0.6 is 11.6 Å². The van der Waals surface area contributed by atoms with E-state index in [0.717, 1.165) is 43.4 Å². The topological polar surface area (TPSA) is 85.0 Å². The van der Waals surface area contributed by atoms with E-state index in [-0.39, 0.29) is 11.4 Å². The highest BCUT2D eigenvalue weighted by Gasteiger charge is 2.14. The second-order valence-corrected chi connectivity index (χ2v) is 10.9. The van der Waals surface area contributed by atoms with Crippen molar-refractivity contribution in [2.45, 2.75) is 47.5 Å². The number of pyridine rings is 1. The van der Waals surface area contributed by atoms with Crippen molar-refractivity contribution in [2.24, 2.45) is 5.41 Å². The molecule has 0 fully saturated rings. The van der Waals surface area contributed by atoms with Crippen molar-refractivity contribution in [3.05, 3.63) is 47.6 Å². The molecular formula is C30H41ClN4O4. The Morgan fingerprint density at radius 1 is 1.05 bits per heavy atom. The standard InChI is InChI=1S/C30H41ClN4O4/c1-7-35(8-2)16-9-17-38-28-20-25-22(19-27(28)37-6)26(12-14-32-25)39-21-10-11-24(23(31)18-21)34-29(36)33-15-13-30(3,4)5/h10-12,14,18-20H,7-9,13,15-17H2,1-6H3,(H2,33,34,36). The highest BCUT2D eigenvalue weighted by Crippen LogP contribution is 2.38. The van der Waals surface area contributed by atoms with Gasteiger partial charge in [0, 0.05) is 36.8 Å². The molecule has 39 heavy (non-hydrogen) atoms. The first-order valence-electron chi connectivity index (χ1n) is 13.5. The highest BCUT2D eigenvalue weighted by atomic mass is 35.5. The average Bonchev–Trinajstić information content (AvgIpc) is 2.89. The number of hydrogen-bond donors (Lipinski definition) is 2. The summed E-state index contributed by atoms with van der Waals surface area (Å²) in [7, 11) is 1.62. The van der Waals surface area contributed by atoms with E-state index in [1.54, 1.807) is 37.6 Å². The van der Waals surface area contributed by atoms with Crippen LogP contribution in [0.1, 0.15) is 47.5 Å². The zero-order valence-corrected chi connectivity index (χ0v) is 24.7. The van der Waals surface area contributed by atoms with Crippen LogP contribution in [0, 0.1) is 5.41 Å². The summed E-state index contributed by atoms with van der Waals surface area (Å²) in [6.45, 7) is 14.9. The molecule has 2 aromatic carbocycles. The number of amides is 2. The van der Waals surface area contributed by atoms with Crippen LogP contribution in [-0.4, -0.2) is 55.8 Å². The number of nitrogens with zero attached hydrogens (tertiary/aromatic N) is 2. The molecule has 212 valence electrons. The van der Waals surface area contributed by atoms with Crippen molar-refractivity contribution in [1.29, 1.82) is 0 Å². The lowest BCUT2D eigenvalue weighted by Gasteiger charge is -2.18. The van der Waals surface area contributed by atoms with Crippen molar-refractivity contribution in [3.63, 3.8) is 0 Å². The first-order valence-corrected chi connectivity index (χ1v) is 13.9. The second kappa shape index (κ2) is 14.2. The van der Waals surface area contributed by atoms with Gasteiger partial charge < -0.3 is 29.7 Å². The summed E-state index contributed by atoms with van der Waals surface area (Å²) in [6.07, 6.45) is 3.48. The normalized spacial score (nSPS) is 11.5. The van der Waals surface area contributed by atoms with Crippen molar-refractivity contribution in [1.82, 2.24) is 15.2 Å². The summed E-state index contributed by atoms with van der Waals surface area (Å²) in [5.74, 6) is 2.39. The fourth-order valence-electron chi connectivity index (χ4n) is 4.01. The van der Waals surface area contributed by atoms with Crippen LogP contribution in [0.25, 0.3) is 10.9 Å². The van der Waals surface area contributed by atoms with Crippen LogP contribution in [0.5, 0.6) is 23.0 Å². The summed E-state index contributed by atoms with van der Waals surface area (Å²) in [4.78, 5) is 19.1. The quantitative estimate of drug-likeness (QED) is 0.214. The van der Waals surface area contributed by atoms with Crippen molar-refractivity contribution in [3.8, 4) is 23.0 Å². The molecule has 3 aromatic rings. The third kappa shape index (κ3) is 9.18. The minimum Gasteiger partial charge on any atom is -0.493 e. The number of methoxy groups -OCH3 is 1. The molecule has 2 amide bonds. The number of ether oxygens (including phenoxy) is 3. The first kappa shape index (κ1) is 30.3. The Morgan fingerprint density at radius 2 is 1.82 bits per heavy atom. The van der Waals surface area contributed by atoms with E-state index in [0.29, 0.717) is 46.9 Å². The van der Waals surface area contributed by atoms with Crippen LogP contribution in [0.2, 0.25) is 5.02 Å². The fraction of sp³-hybridized carbons (Fsp3) is 0.467. The van der Waals surface area contributed by atoms with Crippen LogP contribution < -0.4 is 24.8 Å². The fourth-order valence-corrected chi connectivity index (χ4v) is 4.22. The van der Waals surface area contributed by atoms with E-state index < -0.39 is 0 Å². The molecule has 0 saturated carbocycles. The first-order chi connectivity index (χ1) is 18.6. The average molecular weight is 557 g/mol. The number of carbonyl (C=O) groups is 1. The van der Waals surface area contributed by atoms with Gasteiger partial charge in [0.15, 0.2) is 11.5 Å². The number of halogens is 1. The molecule has 0 saturated heterocycles. The Hall–Kier alpha value is -3.23. The lowest BCUT2D eigenvalue weighted by Crippen LogP contribution is -2.31. The molecule has 0 spiro atoms. The van der Waals surface area contributed by atoms with Gasteiger partial charge in [0.1, 0.15) is 11.5 Å². The van der Waals surface area contributed by atoms with Crippen LogP contribution in [0.3, 0.4) is 0 Å². The van der Waals surface area contributed by atoms with Crippen LogP contribution in [0.15, 0.2) is 42.6 Å². The van der Waals surface area contributed by atoms with E-state index in [1.165, 1.54) is 0 Å². The number of fused-ring (bicyclic) bond motifs is 1. The predicted octanol–water partition coefficient (Wildman–Crippen LogP) is 7.36. The molecule has 0 unspecified atom stereocenters. The second-order valence-electron chi connectivity index (χ2n) is 10.5. The summed E-state index contributed by atoms with van der Waals surface area (Å²) >= 11 is 6.46. The number of rotatable bonds is 13. The van der Waals surface area contributed by atoms with Gasteiger partial charge in [-0.3, -0.25) is 4.98 Å². The maximum absolute atomic E-state index is 12.3. The van der Waals surface area contributed by atoms with E-state index >= 15 is 0 Å². The van der Waals surface area contributed by atoms with Gasteiger partial charge in [-0.25, -0.2) is 4.79 Å². The minimum absolute atomic E-state index is 0.144.